The van der Waals surface area contributed by atoms with Gasteiger partial charge in [-0.25, -0.2) is 9.97 Å². The Morgan fingerprint density at radius 3 is 1.68 bits per heavy atom. The summed E-state index contributed by atoms with van der Waals surface area (Å²) in [6, 6.07) is 64.2. The summed E-state index contributed by atoms with van der Waals surface area (Å²) in [4.78, 5) is 12.8. The maximum atomic E-state index is 5.26. The van der Waals surface area contributed by atoms with Crippen LogP contribution in [0.2, 0.25) is 0 Å². The third kappa shape index (κ3) is 4.97. The second-order valence-electron chi connectivity index (χ2n) is 17.5. The largest absolute Gasteiger partial charge is 0.310 e. The first-order chi connectivity index (χ1) is 29.3. The van der Waals surface area contributed by atoms with Gasteiger partial charge in [-0.15, -0.1) is 0 Å². The molecule has 0 saturated heterocycles. The second kappa shape index (κ2) is 12.6. The first kappa shape index (κ1) is 34.7. The van der Waals surface area contributed by atoms with Crippen molar-refractivity contribution in [1.29, 1.82) is 0 Å². The number of nitrogens with zero attached hydrogens (tertiary/aromatic N) is 4. The number of pyridine rings is 2. The molecule has 0 fully saturated rings. The highest BCUT2D eigenvalue weighted by atomic mass is 15.1. The molecule has 2 aliphatic carbocycles. The maximum Gasteiger partial charge on any atom is 0.137 e. The van der Waals surface area contributed by atoms with Crippen molar-refractivity contribution in [2.75, 3.05) is 4.90 Å². The van der Waals surface area contributed by atoms with Gasteiger partial charge in [0.05, 0.1) is 16.7 Å². The summed E-state index contributed by atoms with van der Waals surface area (Å²) in [7, 11) is 0. The number of imidazole rings is 1. The van der Waals surface area contributed by atoms with Crippen molar-refractivity contribution in [2.45, 2.75) is 38.5 Å². The molecule has 4 heteroatoms. The number of rotatable bonds is 5. The van der Waals surface area contributed by atoms with Gasteiger partial charge in [-0.3, -0.25) is 4.40 Å². The molecule has 286 valence electrons. The van der Waals surface area contributed by atoms with Crippen LogP contribution in [-0.4, -0.2) is 14.4 Å². The SMILES string of the molecule is CC1(C)c2ccccc2-c2ccc(N(c3ccc(-c4cccc(-c5nc6ccccc6c6nc7ccccn7c56)c4)cc3)c3ccc4c(c3)C(C)(C)c3ccccc3-4)cc21. The molecule has 2 aliphatic rings. The highest BCUT2D eigenvalue weighted by molar-refractivity contribution is 6.09. The van der Waals surface area contributed by atoms with E-state index in [0.29, 0.717) is 0 Å². The first-order valence-electron chi connectivity index (χ1n) is 20.9. The minimum Gasteiger partial charge on any atom is -0.310 e. The van der Waals surface area contributed by atoms with Gasteiger partial charge in [0.15, 0.2) is 0 Å². The molecule has 0 amide bonds. The van der Waals surface area contributed by atoms with Crippen LogP contribution in [0.25, 0.3) is 72.2 Å². The molecule has 12 rings (SSSR count). The van der Waals surface area contributed by atoms with Crippen LogP contribution in [0.3, 0.4) is 0 Å². The monoisotopic (exact) mass is 770 g/mol. The summed E-state index contributed by atoms with van der Waals surface area (Å²) in [6.45, 7) is 9.44. The average molecular weight is 771 g/mol. The van der Waals surface area contributed by atoms with Gasteiger partial charge in [0.1, 0.15) is 11.2 Å². The predicted octanol–water partition coefficient (Wildman–Crippen LogP) is 14.5. The third-order valence-corrected chi connectivity index (χ3v) is 13.4. The maximum absolute atomic E-state index is 5.26. The normalized spacial score (nSPS) is 14.3. The van der Waals surface area contributed by atoms with E-state index in [1.807, 2.05) is 12.1 Å². The summed E-state index contributed by atoms with van der Waals surface area (Å²) < 4.78 is 2.16. The Bertz CT molecular complexity index is 3280. The van der Waals surface area contributed by atoms with Crippen molar-refractivity contribution in [2.24, 2.45) is 0 Å². The van der Waals surface area contributed by atoms with E-state index in [1.54, 1.807) is 0 Å². The summed E-state index contributed by atoms with van der Waals surface area (Å²) >= 11 is 0. The van der Waals surface area contributed by atoms with Crippen LogP contribution in [0.5, 0.6) is 0 Å². The Kier molecular flexibility index (Phi) is 7.29. The summed E-state index contributed by atoms with van der Waals surface area (Å²) in [5.41, 5.74) is 22.1. The molecule has 60 heavy (non-hydrogen) atoms. The standard InChI is InChI=1S/C56H42N4/c1-55(2)46-19-8-5-16-41(46)43-29-27-39(33-48(43)55)60(40-28-30-44-42-17-6-9-20-47(42)56(3,4)49(44)34-40)38-25-23-35(24-26-38)36-14-13-15-37(32-36)52-54-53(45-18-7-10-21-50(45)57-52)58-51-22-11-12-31-59(51)54/h5-34H,1-4H3. The molecule has 7 aromatic carbocycles. The molecule has 0 saturated carbocycles. The number of fused-ring (bicyclic) bond motifs is 11. The van der Waals surface area contributed by atoms with Crippen molar-refractivity contribution >= 4 is 44.6 Å². The van der Waals surface area contributed by atoms with Gasteiger partial charge in [0, 0.05) is 45.0 Å². The average Bonchev–Trinajstić information content (AvgIpc) is 3.87. The number of hydrogen-bond acceptors (Lipinski definition) is 3. The van der Waals surface area contributed by atoms with Crippen LogP contribution in [0, 0.1) is 0 Å². The topological polar surface area (TPSA) is 33.4 Å². The Morgan fingerprint density at radius 1 is 0.433 bits per heavy atom. The Hall–Kier alpha value is -7.30. The quantitative estimate of drug-likeness (QED) is 0.175. The van der Waals surface area contributed by atoms with E-state index in [4.69, 9.17) is 9.97 Å². The van der Waals surface area contributed by atoms with Crippen LogP contribution in [0.1, 0.15) is 49.9 Å². The van der Waals surface area contributed by atoms with E-state index in [1.165, 1.54) is 44.5 Å². The molecular formula is C56H42N4. The number of hydrogen-bond donors (Lipinski definition) is 0. The minimum atomic E-state index is -0.112. The Balaban J connectivity index is 0.982. The number of para-hydroxylation sites is 1. The molecule has 0 N–H and O–H groups in total. The number of benzene rings is 7. The molecule has 0 atom stereocenters. The predicted molar refractivity (Wildman–Crippen MR) is 249 cm³/mol. The van der Waals surface area contributed by atoms with Crippen molar-refractivity contribution in [1.82, 2.24) is 14.4 Å². The Morgan fingerprint density at radius 2 is 1.00 bits per heavy atom. The smallest absolute Gasteiger partial charge is 0.137 e. The zero-order valence-electron chi connectivity index (χ0n) is 34.1. The van der Waals surface area contributed by atoms with E-state index in [-0.39, 0.29) is 10.8 Å². The molecule has 0 unspecified atom stereocenters. The van der Waals surface area contributed by atoms with E-state index in [0.717, 1.165) is 67.0 Å². The summed E-state index contributed by atoms with van der Waals surface area (Å²) in [6.07, 6.45) is 2.08. The molecule has 0 spiro atoms. The highest BCUT2D eigenvalue weighted by Crippen LogP contribution is 2.53. The van der Waals surface area contributed by atoms with E-state index in [2.05, 4.69) is 207 Å². The molecule has 10 aromatic rings. The molecule has 0 aliphatic heterocycles. The number of anilines is 3. The lowest BCUT2D eigenvalue weighted by Gasteiger charge is -2.30. The first-order valence-corrected chi connectivity index (χ1v) is 20.9. The van der Waals surface area contributed by atoms with Gasteiger partial charge in [0.25, 0.3) is 0 Å². The molecule has 3 heterocycles. The number of aromatic nitrogens is 3. The van der Waals surface area contributed by atoms with Crippen LogP contribution in [-0.2, 0) is 10.8 Å². The van der Waals surface area contributed by atoms with Crippen LogP contribution in [0.4, 0.5) is 17.1 Å². The fourth-order valence-corrected chi connectivity index (χ4v) is 10.3. The van der Waals surface area contributed by atoms with E-state index < -0.39 is 0 Å². The highest BCUT2D eigenvalue weighted by Gasteiger charge is 2.37. The van der Waals surface area contributed by atoms with E-state index in [9.17, 15) is 0 Å². The van der Waals surface area contributed by atoms with Gasteiger partial charge < -0.3 is 4.90 Å². The van der Waals surface area contributed by atoms with Gasteiger partial charge >= 0.3 is 0 Å². The molecule has 0 bridgehead atoms. The third-order valence-electron chi connectivity index (χ3n) is 13.4. The van der Waals surface area contributed by atoms with Gasteiger partial charge in [-0.2, -0.15) is 0 Å². The summed E-state index contributed by atoms with van der Waals surface area (Å²) in [5, 5.41) is 1.06. The van der Waals surface area contributed by atoms with Crippen molar-refractivity contribution < 1.29 is 0 Å². The fourth-order valence-electron chi connectivity index (χ4n) is 10.3. The van der Waals surface area contributed by atoms with Crippen LogP contribution in [0.15, 0.2) is 182 Å². The van der Waals surface area contributed by atoms with Gasteiger partial charge in [-0.1, -0.05) is 143 Å². The van der Waals surface area contributed by atoms with Crippen molar-refractivity contribution in [3.63, 3.8) is 0 Å². The minimum absolute atomic E-state index is 0.112. The summed E-state index contributed by atoms with van der Waals surface area (Å²) in [5.74, 6) is 0. The fraction of sp³-hybridized carbons (Fsp3) is 0.107. The lowest BCUT2D eigenvalue weighted by atomic mass is 9.82. The van der Waals surface area contributed by atoms with Gasteiger partial charge in [0.2, 0.25) is 0 Å². The second-order valence-corrected chi connectivity index (χ2v) is 17.5. The van der Waals surface area contributed by atoms with Crippen LogP contribution < -0.4 is 4.90 Å². The van der Waals surface area contributed by atoms with Crippen molar-refractivity contribution in [3.8, 4) is 44.6 Å². The zero-order chi connectivity index (χ0) is 40.3. The lowest BCUT2D eigenvalue weighted by Crippen LogP contribution is -2.18. The van der Waals surface area contributed by atoms with Crippen molar-refractivity contribution in [3.05, 3.63) is 204 Å². The van der Waals surface area contributed by atoms with Crippen LogP contribution >= 0.6 is 0 Å². The molecule has 3 aromatic heterocycles. The van der Waals surface area contributed by atoms with E-state index >= 15 is 0 Å². The zero-order valence-corrected chi connectivity index (χ0v) is 34.1. The Labute approximate surface area is 350 Å². The lowest BCUT2D eigenvalue weighted by molar-refractivity contribution is 0.660. The van der Waals surface area contributed by atoms with Gasteiger partial charge in [-0.05, 0) is 116 Å². The molecular weight excluding hydrogens is 729 g/mol. The molecule has 4 nitrogen and oxygen atoms in total. The molecule has 0 radical (unpaired) electrons.